The molecular weight excluding hydrogens is 618 g/mol. The van der Waals surface area contributed by atoms with E-state index in [1.165, 1.54) is 57.4 Å². The molecule has 0 aromatic heterocycles. The van der Waals surface area contributed by atoms with E-state index in [2.05, 4.69) is 23.6 Å². The quantitative estimate of drug-likeness (QED) is 0.325. The van der Waals surface area contributed by atoms with E-state index in [1.807, 2.05) is 13.8 Å². The highest BCUT2D eigenvalue weighted by Crippen LogP contribution is 2.30. The molecule has 1 heterocycles. The Morgan fingerprint density at radius 1 is 1.02 bits per heavy atom. The van der Waals surface area contributed by atoms with Crippen LogP contribution in [0.1, 0.15) is 82.5 Å². The highest BCUT2D eigenvalue weighted by molar-refractivity contribution is 7.92. The Labute approximate surface area is 281 Å². The molecule has 1 fully saturated rings. The molecule has 1 aliphatic heterocycles. The number of ether oxygens (including phenoxy) is 3. The number of amides is 1. The smallest absolute Gasteiger partial charge is 0.261 e. The number of hydrogen-bond donors (Lipinski definition) is 2. The predicted molar refractivity (Wildman–Crippen MR) is 185 cm³/mol. The molecule has 0 radical (unpaired) electrons. The van der Waals surface area contributed by atoms with Crippen LogP contribution in [0.15, 0.2) is 47.4 Å². The number of anilines is 1. The summed E-state index contributed by atoms with van der Waals surface area (Å²) < 4.78 is 47.1. The van der Waals surface area contributed by atoms with Crippen molar-refractivity contribution >= 4 is 21.6 Å². The number of hydrogen-bond acceptors (Lipinski definition) is 8. The number of nitrogens with one attached hydrogen (secondary N) is 1. The molecule has 4 atom stereocenters. The minimum absolute atomic E-state index is 0.0234. The Bertz CT molecular complexity index is 1380. The Balaban J connectivity index is 1.61. The normalized spacial score (nSPS) is 23.0. The second-order valence-corrected chi connectivity index (χ2v) is 15.2. The van der Waals surface area contributed by atoms with Crippen LogP contribution in [0, 0.1) is 11.8 Å². The second-order valence-electron chi connectivity index (χ2n) is 13.5. The summed E-state index contributed by atoms with van der Waals surface area (Å²) in [6.07, 6.45) is 8.82. The van der Waals surface area contributed by atoms with Crippen molar-refractivity contribution in [1.29, 1.82) is 0 Å². The number of methoxy groups -OCH3 is 1. The summed E-state index contributed by atoms with van der Waals surface area (Å²) in [6, 6.07) is 10.4. The molecule has 10 nitrogen and oxygen atoms in total. The van der Waals surface area contributed by atoms with Crippen molar-refractivity contribution < 1.29 is 32.5 Å². The SMILES string of the molecule is COc1ccc(S(=O)(=O)Nc2ccc3c(c2)C(=O)N([C@@H](C)CO)C[C@H](C)[C@H](CN(C)CC2CCCCC2)OCCCC[C@H](C)O3)cc1. The Morgan fingerprint density at radius 3 is 2.40 bits per heavy atom. The molecule has 11 heteroatoms. The number of rotatable bonds is 10. The van der Waals surface area contributed by atoms with Crippen LogP contribution in [0.25, 0.3) is 0 Å². The summed E-state index contributed by atoms with van der Waals surface area (Å²) in [5.41, 5.74) is 0.476. The lowest BCUT2D eigenvalue weighted by Gasteiger charge is -2.36. The fraction of sp³-hybridized carbons (Fsp3) is 0.639. The largest absolute Gasteiger partial charge is 0.497 e. The van der Waals surface area contributed by atoms with Crippen molar-refractivity contribution in [2.24, 2.45) is 11.8 Å². The zero-order chi connectivity index (χ0) is 34.0. The van der Waals surface area contributed by atoms with Crippen LogP contribution in [0.2, 0.25) is 0 Å². The van der Waals surface area contributed by atoms with Gasteiger partial charge in [-0.2, -0.15) is 0 Å². The van der Waals surface area contributed by atoms with Crippen molar-refractivity contribution in [3.8, 4) is 11.5 Å². The average Bonchev–Trinajstić information content (AvgIpc) is 3.06. The van der Waals surface area contributed by atoms with E-state index in [0.29, 0.717) is 30.6 Å². The number of likely N-dealkylation sites (N-methyl/N-ethyl adjacent to an activating group) is 1. The topological polar surface area (TPSA) is 118 Å². The zero-order valence-corrected chi connectivity index (χ0v) is 29.6. The minimum Gasteiger partial charge on any atom is -0.497 e. The first-order valence-corrected chi connectivity index (χ1v) is 18.7. The molecule has 2 aromatic rings. The summed E-state index contributed by atoms with van der Waals surface area (Å²) in [7, 11) is -0.266. The van der Waals surface area contributed by atoms with Gasteiger partial charge in [0.25, 0.3) is 15.9 Å². The van der Waals surface area contributed by atoms with Crippen molar-refractivity contribution in [2.75, 3.05) is 51.7 Å². The van der Waals surface area contributed by atoms with Gasteiger partial charge in [-0.3, -0.25) is 9.52 Å². The van der Waals surface area contributed by atoms with E-state index in [9.17, 15) is 18.3 Å². The lowest BCUT2D eigenvalue weighted by molar-refractivity contribution is -0.0190. The molecule has 4 rings (SSSR count). The highest BCUT2D eigenvalue weighted by Gasteiger charge is 2.31. The van der Waals surface area contributed by atoms with E-state index in [0.717, 1.165) is 32.4 Å². The van der Waals surface area contributed by atoms with Crippen LogP contribution in [-0.4, -0.2) is 94.5 Å². The van der Waals surface area contributed by atoms with Crippen molar-refractivity contribution in [3.05, 3.63) is 48.0 Å². The van der Waals surface area contributed by atoms with Crippen molar-refractivity contribution in [1.82, 2.24) is 9.80 Å². The summed E-state index contributed by atoms with van der Waals surface area (Å²) in [4.78, 5) is 18.5. The van der Waals surface area contributed by atoms with E-state index in [-0.39, 0.29) is 46.8 Å². The number of carbonyl (C=O) groups is 1. The number of carbonyl (C=O) groups excluding carboxylic acids is 1. The lowest BCUT2D eigenvalue weighted by atomic mass is 9.89. The number of nitrogens with zero attached hydrogens (tertiary/aromatic N) is 2. The standard InChI is InChI=1S/C36H55N3O7S/c1-26-22-39(27(2)25-40)36(41)33-21-30(37-47(42,43)32-17-15-31(44-5)16-18-32)14-19-34(33)46-28(3)11-9-10-20-45-35(26)24-38(4)23-29-12-7-6-8-13-29/h14-19,21,26-29,35,37,40H,6-13,20,22-25H2,1-5H3/t26-,27-,28-,35-/m0/s1. The van der Waals surface area contributed by atoms with Gasteiger partial charge in [0.2, 0.25) is 0 Å². The minimum atomic E-state index is -3.95. The van der Waals surface area contributed by atoms with Gasteiger partial charge >= 0.3 is 0 Å². The molecule has 47 heavy (non-hydrogen) atoms. The molecule has 1 amide bonds. The first-order chi connectivity index (χ1) is 22.5. The van der Waals surface area contributed by atoms with Crippen LogP contribution >= 0.6 is 0 Å². The number of aliphatic hydroxyl groups is 1. The third-order valence-corrected chi connectivity index (χ3v) is 10.9. The van der Waals surface area contributed by atoms with Crippen LogP contribution in [0.5, 0.6) is 11.5 Å². The van der Waals surface area contributed by atoms with E-state index >= 15 is 0 Å². The molecule has 2 aliphatic rings. The lowest BCUT2D eigenvalue weighted by Crippen LogP contribution is -2.47. The third-order valence-electron chi connectivity index (χ3n) is 9.46. The molecule has 2 aromatic carbocycles. The maximum atomic E-state index is 14.4. The van der Waals surface area contributed by atoms with Gasteiger partial charge in [-0.25, -0.2) is 8.42 Å². The fourth-order valence-corrected chi connectivity index (χ4v) is 7.66. The van der Waals surface area contributed by atoms with Gasteiger partial charge in [0.05, 0.1) is 42.4 Å². The first-order valence-electron chi connectivity index (χ1n) is 17.2. The molecule has 1 aliphatic carbocycles. The molecule has 1 saturated carbocycles. The summed E-state index contributed by atoms with van der Waals surface area (Å²) in [5, 5.41) is 10.3. The molecular formula is C36H55N3O7S. The van der Waals surface area contributed by atoms with Gasteiger partial charge in [-0.05, 0) is 101 Å². The van der Waals surface area contributed by atoms with E-state index in [4.69, 9.17) is 14.2 Å². The third kappa shape index (κ3) is 10.6. The second kappa shape index (κ2) is 17.5. The number of aliphatic hydroxyl groups excluding tert-OH is 1. The number of fused-ring (bicyclic) bond motifs is 1. The van der Waals surface area contributed by atoms with Crippen LogP contribution in [0.4, 0.5) is 5.69 Å². The number of benzene rings is 2. The fourth-order valence-electron chi connectivity index (χ4n) is 6.61. The molecule has 0 unspecified atom stereocenters. The van der Waals surface area contributed by atoms with Gasteiger partial charge in [0.1, 0.15) is 11.5 Å². The van der Waals surface area contributed by atoms with Gasteiger partial charge in [-0.1, -0.05) is 26.2 Å². The Kier molecular flexibility index (Phi) is 13.8. The Morgan fingerprint density at radius 2 is 1.72 bits per heavy atom. The molecule has 0 bridgehead atoms. The summed E-state index contributed by atoms with van der Waals surface area (Å²) in [5.74, 6) is 1.28. The first kappa shape index (κ1) is 37.0. The maximum Gasteiger partial charge on any atom is 0.261 e. The highest BCUT2D eigenvalue weighted by atomic mass is 32.2. The molecule has 2 N–H and O–H groups in total. The summed E-state index contributed by atoms with van der Waals surface area (Å²) >= 11 is 0. The maximum absolute atomic E-state index is 14.4. The van der Waals surface area contributed by atoms with Gasteiger partial charge in [0.15, 0.2) is 0 Å². The van der Waals surface area contributed by atoms with E-state index < -0.39 is 16.1 Å². The summed E-state index contributed by atoms with van der Waals surface area (Å²) in [6.45, 7) is 8.48. The van der Waals surface area contributed by atoms with Crippen molar-refractivity contribution in [2.45, 2.75) is 95.3 Å². The van der Waals surface area contributed by atoms with Gasteiger partial charge in [-0.15, -0.1) is 0 Å². The van der Waals surface area contributed by atoms with Crippen molar-refractivity contribution in [3.63, 3.8) is 0 Å². The molecule has 0 saturated heterocycles. The zero-order valence-electron chi connectivity index (χ0n) is 28.8. The molecule has 262 valence electrons. The van der Waals surface area contributed by atoms with Crippen LogP contribution in [-0.2, 0) is 14.8 Å². The van der Waals surface area contributed by atoms with E-state index in [1.54, 1.807) is 29.2 Å². The predicted octanol–water partition coefficient (Wildman–Crippen LogP) is 5.80. The monoisotopic (exact) mass is 673 g/mol. The van der Waals surface area contributed by atoms with Crippen LogP contribution in [0.3, 0.4) is 0 Å². The van der Waals surface area contributed by atoms with Gasteiger partial charge in [0, 0.05) is 37.8 Å². The molecule has 0 spiro atoms. The Hall–Kier alpha value is -2.86. The van der Waals surface area contributed by atoms with Crippen LogP contribution < -0.4 is 14.2 Å². The number of sulfonamides is 1. The average molecular weight is 674 g/mol. The van der Waals surface area contributed by atoms with Gasteiger partial charge < -0.3 is 29.1 Å².